The Morgan fingerprint density at radius 2 is 1.79 bits per heavy atom. The number of hydrogen-bond donors (Lipinski definition) is 2. The Morgan fingerprint density at radius 3 is 2.45 bits per heavy atom. The van der Waals surface area contributed by atoms with Crippen molar-refractivity contribution in [2.24, 2.45) is 11.3 Å². The van der Waals surface area contributed by atoms with Gasteiger partial charge in [0.15, 0.2) is 0 Å². The Kier molecular flexibility index (Phi) is 5.06. The van der Waals surface area contributed by atoms with Crippen LogP contribution in [-0.4, -0.2) is 22.7 Å². The van der Waals surface area contributed by atoms with Crippen molar-refractivity contribution in [1.82, 2.24) is 10.3 Å². The van der Waals surface area contributed by atoms with Gasteiger partial charge in [0.25, 0.3) is 11.8 Å². The summed E-state index contributed by atoms with van der Waals surface area (Å²) >= 11 is 0. The number of amides is 2. The lowest BCUT2D eigenvalue weighted by molar-refractivity contribution is -0.127. The highest BCUT2D eigenvalue weighted by atomic mass is 19.3. The first-order chi connectivity index (χ1) is 13.9. The number of nitrogens with zero attached hydrogens (tertiary/aromatic N) is 1. The summed E-state index contributed by atoms with van der Waals surface area (Å²) in [6.45, 7) is 0.310. The van der Waals surface area contributed by atoms with Gasteiger partial charge in [0.05, 0.1) is 0 Å². The molecule has 1 spiro atoms. The summed E-state index contributed by atoms with van der Waals surface area (Å²) in [5.41, 5.74) is 1.08. The van der Waals surface area contributed by atoms with Crippen LogP contribution in [0.5, 0.6) is 0 Å². The second-order valence-corrected chi connectivity index (χ2v) is 8.06. The highest BCUT2D eigenvalue weighted by Gasteiger charge is 2.71. The number of rotatable bonds is 5. The summed E-state index contributed by atoms with van der Waals surface area (Å²) in [7, 11) is 0. The zero-order chi connectivity index (χ0) is 20.5. The lowest BCUT2D eigenvalue weighted by Crippen LogP contribution is -2.35. The number of halogens is 2. The SMILES string of the molecule is O=C(Nc1ccncc1)c1ccc(CNC(=O)C2CCCC3(C2)CC3(F)F)cc1. The average Bonchev–Trinajstić information content (AvgIpc) is 3.25. The van der Waals surface area contributed by atoms with E-state index in [4.69, 9.17) is 0 Å². The van der Waals surface area contributed by atoms with Crippen LogP contribution >= 0.6 is 0 Å². The van der Waals surface area contributed by atoms with Gasteiger partial charge in [0.2, 0.25) is 5.91 Å². The van der Waals surface area contributed by atoms with Gasteiger partial charge in [0, 0.05) is 47.9 Å². The average molecular weight is 399 g/mol. The fourth-order valence-electron chi connectivity index (χ4n) is 4.21. The first-order valence-electron chi connectivity index (χ1n) is 9.84. The maximum Gasteiger partial charge on any atom is 0.255 e. The summed E-state index contributed by atoms with van der Waals surface area (Å²) in [4.78, 5) is 28.6. The molecule has 2 aliphatic carbocycles. The number of alkyl halides is 2. The Morgan fingerprint density at radius 1 is 1.10 bits per heavy atom. The minimum atomic E-state index is -2.60. The fraction of sp³-hybridized carbons (Fsp3) is 0.409. The van der Waals surface area contributed by atoms with E-state index >= 15 is 0 Å². The van der Waals surface area contributed by atoms with E-state index in [1.165, 1.54) is 0 Å². The number of hydrogen-bond acceptors (Lipinski definition) is 3. The lowest BCUT2D eigenvalue weighted by atomic mass is 9.78. The van der Waals surface area contributed by atoms with E-state index in [2.05, 4.69) is 15.6 Å². The van der Waals surface area contributed by atoms with Crippen molar-refractivity contribution in [2.45, 2.75) is 44.6 Å². The highest BCUT2D eigenvalue weighted by Crippen LogP contribution is 2.68. The Balaban J connectivity index is 1.29. The van der Waals surface area contributed by atoms with Crippen molar-refractivity contribution in [3.05, 3.63) is 59.9 Å². The number of anilines is 1. The molecule has 2 amide bonds. The lowest BCUT2D eigenvalue weighted by Gasteiger charge is -2.28. The van der Waals surface area contributed by atoms with Crippen LogP contribution in [0.4, 0.5) is 14.5 Å². The van der Waals surface area contributed by atoms with Crippen molar-refractivity contribution in [1.29, 1.82) is 0 Å². The molecule has 1 heterocycles. The normalized spacial score (nSPS) is 24.7. The predicted molar refractivity (Wildman–Crippen MR) is 104 cm³/mol. The van der Waals surface area contributed by atoms with Gasteiger partial charge in [-0.05, 0) is 49.1 Å². The van der Waals surface area contributed by atoms with Crippen LogP contribution in [-0.2, 0) is 11.3 Å². The first-order valence-corrected chi connectivity index (χ1v) is 9.84. The van der Waals surface area contributed by atoms with Crippen molar-refractivity contribution in [3.8, 4) is 0 Å². The fourth-order valence-corrected chi connectivity index (χ4v) is 4.21. The van der Waals surface area contributed by atoms with Crippen LogP contribution in [0.1, 0.15) is 48.0 Å². The summed E-state index contributed by atoms with van der Waals surface area (Å²) in [5.74, 6) is -3.34. The molecule has 29 heavy (non-hydrogen) atoms. The van der Waals surface area contributed by atoms with Gasteiger partial charge in [0.1, 0.15) is 0 Å². The van der Waals surface area contributed by atoms with Crippen molar-refractivity contribution in [3.63, 3.8) is 0 Å². The largest absolute Gasteiger partial charge is 0.352 e. The van der Waals surface area contributed by atoms with Gasteiger partial charge in [-0.3, -0.25) is 14.6 Å². The quantitative estimate of drug-likeness (QED) is 0.793. The molecule has 2 N–H and O–H groups in total. The number of carbonyl (C=O) groups is 2. The summed E-state index contributed by atoms with van der Waals surface area (Å²) in [6.07, 6.45) is 5.26. The maximum absolute atomic E-state index is 13.6. The standard InChI is InChI=1S/C22H23F2N3O2/c23-22(24)14-21(22)9-1-2-17(12-21)19(28)26-13-15-3-5-16(6-4-15)20(29)27-18-7-10-25-11-8-18/h3-8,10-11,17H,1-2,9,12-14H2,(H,26,28)(H,25,27,29). The van der Waals surface area contributed by atoms with Gasteiger partial charge in [-0.2, -0.15) is 0 Å². The van der Waals surface area contributed by atoms with E-state index in [0.29, 0.717) is 37.1 Å². The van der Waals surface area contributed by atoms with Crippen LogP contribution in [0, 0.1) is 11.3 Å². The molecule has 0 bridgehead atoms. The summed E-state index contributed by atoms with van der Waals surface area (Å²) < 4.78 is 27.3. The Bertz CT molecular complexity index is 902. The first kappa shape index (κ1) is 19.5. The number of aromatic nitrogens is 1. The number of benzene rings is 1. The zero-order valence-corrected chi connectivity index (χ0v) is 16.0. The van der Waals surface area contributed by atoms with Crippen LogP contribution in [0.2, 0.25) is 0 Å². The molecule has 2 aliphatic rings. The predicted octanol–water partition coefficient (Wildman–Crippen LogP) is 4.17. The van der Waals surface area contributed by atoms with Gasteiger partial charge in [-0.25, -0.2) is 8.78 Å². The topological polar surface area (TPSA) is 71.1 Å². The second-order valence-electron chi connectivity index (χ2n) is 8.06. The van der Waals surface area contributed by atoms with E-state index in [-0.39, 0.29) is 30.6 Å². The monoisotopic (exact) mass is 399 g/mol. The van der Waals surface area contributed by atoms with Crippen LogP contribution in [0.25, 0.3) is 0 Å². The molecule has 2 unspecified atom stereocenters. The van der Waals surface area contributed by atoms with Gasteiger partial charge >= 0.3 is 0 Å². The second kappa shape index (κ2) is 7.54. The van der Waals surface area contributed by atoms with E-state index in [1.807, 2.05) is 0 Å². The third-order valence-corrected chi connectivity index (χ3v) is 6.05. The van der Waals surface area contributed by atoms with Gasteiger partial charge in [-0.15, -0.1) is 0 Å². The van der Waals surface area contributed by atoms with Crippen molar-refractivity contribution >= 4 is 17.5 Å². The molecule has 0 aliphatic heterocycles. The minimum absolute atomic E-state index is 0.0766. The summed E-state index contributed by atoms with van der Waals surface area (Å²) in [5, 5.41) is 5.64. The third-order valence-electron chi connectivity index (χ3n) is 6.05. The molecule has 4 rings (SSSR count). The molecule has 7 heteroatoms. The molecular formula is C22H23F2N3O2. The van der Waals surface area contributed by atoms with Crippen molar-refractivity contribution < 1.29 is 18.4 Å². The molecule has 2 fully saturated rings. The molecule has 1 aromatic carbocycles. The molecule has 152 valence electrons. The molecule has 0 saturated heterocycles. The molecule has 5 nitrogen and oxygen atoms in total. The van der Waals surface area contributed by atoms with E-state index in [0.717, 1.165) is 5.56 Å². The smallest absolute Gasteiger partial charge is 0.255 e. The minimum Gasteiger partial charge on any atom is -0.352 e. The van der Waals surface area contributed by atoms with Gasteiger partial charge in [-0.1, -0.05) is 18.6 Å². The number of nitrogens with one attached hydrogen (secondary N) is 2. The molecule has 2 aromatic rings. The van der Waals surface area contributed by atoms with E-state index < -0.39 is 11.3 Å². The van der Waals surface area contributed by atoms with E-state index in [1.54, 1.807) is 48.8 Å². The number of carbonyl (C=O) groups excluding carboxylic acids is 2. The third kappa shape index (κ3) is 4.13. The van der Waals surface area contributed by atoms with Crippen LogP contribution in [0.15, 0.2) is 48.8 Å². The molecule has 1 aromatic heterocycles. The molecule has 2 atom stereocenters. The Hall–Kier alpha value is -2.83. The molecule has 2 saturated carbocycles. The van der Waals surface area contributed by atoms with Crippen LogP contribution < -0.4 is 10.6 Å². The molecular weight excluding hydrogens is 376 g/mol. The summed E-state index contributed by atoms with van der Waals surface area (Å²) in [6, 6.07) is 10.3. The molecule has 0 radical (unpaired) electrons. The maximum atomic E-state index is 13.6. The van der Waals surface area contributed by atoms with E-state index in [9.17, 15) is 18.4 Å². The van der Waals surface area contributed by atoms with Gasteiger partial charge < -0.3 is 10.6 Å². The zero-order valence-electron chi connectivity index (χ0n) is 16.0. The Labute approximate surface area is 167 Å². The highest BCUT2D eigenvalue weighted by molar-refractivity contribution is 6.04. The van der Waals surface area contributed by atoms with Crippen molar-refractivity contribution in [2.75, 3.05) is 5.32 Å². The van der Waals surface area contributed by atoms with Crippen LogP contribution in [0.3, 0.4) is 0 Å². The number of pyridine rings is 1.